The van der Waals surface area contributed by atoms with Gasteiger partial charge in [-0.25, -0.2) is 13.4 Å². The van der Waals surface area contributed by atoms with Gasteiger partial charge in [0.25, 0.3) is 10.0 Å². The predicted molar refractivity (Wildman–Crippen MR) is 97.2 cm³/mol. The Balaban J connectivity index is 2.00. The molecule has 0 aliphatic rings. The molecule has 23 heavy (non-hydrogen) atoms. The fourth-order valence-corrected chi connectivity index (χ4v) is 4.32. The van der Waals surface area contributed by atoms with E-state index >= 15 is 0 Å². The normalized spacial score (nSPS) is 11.4. The first kappa shape index (κ1) is 16.2. The monoisotopic (exact) mass is 408 g/mol. The quantitative estimate of drug-likeness (QED) is 0.681. The lowest BCUT2D eigenvalue weighted by Crippen LogP contribution is -2.13. The molecule has 1 aromatic heterocycles. The number of rotatable bonds is 4. The van der Waals surface area contributed by atoms with E-state index < -0.39 is 10.0 Å². The summed E-state index contributed by atoms with van der Waals surface area (Å²) in [4.78, 5) is 5.35. The molecule has 1 heterocycles. The second-order valence-electron chi connectivity index (χ2n) is 4.84. The van der Waals surface area contributed by atoms with Crippen molar-refractivity contribution in [3.63, 3.8) is 0 Å². The molecule has 0 bridgehead atoms. The molecule has 0 saturated heterocycles. The van der Waals surface area contributed by atoms with Gasteiger partial charge in [-0.05, 0) is 36.8 Å². The molecular weight excluding hydrogens is 396 g/mol. The minimum Gasteiger partial charge on any atom is -0.262 e. The van der Waals surface area contributed by atoms with Gasteiger partial charge in [-0.3, -0.25) is 4.72 Å². The number of aromatic nitrogens is 1. The Kier molecular flexibility index (Phi) is 4.52. The number of nitrogens with one attached hydrogen (secondary N) is 1. The van der Waals surface area contributed by atoms with Crippen LogP contribution in [0.1, 0.15) is 5.01 Å². The first-order valence-corrected chi connectivity index (χ1v) is 9.86. The first-order valence-electron chi connectivity index (χ1n) is 6.77. The van der Waals surface area contributed by atoms with Crippen LogP contribution in [-0.2, 0) is 10.0 Å². The van der Waals surface area contributed by atoms with Crippen LogP contribution < -0.4 is 4.72 Å². The lowest BCUT2D eigenvalue weighted by Gasteiger charge is -2.08. The van der Waals surface area contributed by atoms with Crippen LogP contribution in [0.4, 0.5) is 5.82 Å². The Hall–Kier alpha value is -1.70. The van der Waals surface area contributed by atoms with Gasteiger partial charge in [-0.15, -0.1) is 11.3 Å². The molecule has 1 N–H and O–H groups in total. The summed E-state index contributed by atoms with van der Waals surface area (Å²) in [5, 5.41) is 0.800. The smallest absolute Gasteiger partial charge is 0.262 e. The molecule has 3 rings (SSSR count). The summed E-state index contributed by atoms with van der Waals surface area (Å²) in [6.45, 7) is 1.85. The van der Waals surface area contributed by atoms with E-state index in [-0.39, 0.29) is 4.90 Å². The average molecular weight is 409 g/mol. The Morgan fingerprint density at radius 2 is 1.70 bits per heavy atom. The molecule has 0 atom stereocenters. The molecule has 7 heteroatoms. The van der Waals surface area contributed by atoms with Crippen molar-refractivity contribution in [2.24, 2.45) is 0 Å². The average Bonchev–Trinajstić information content (AvgIpc) is 2.89. The van der Waals surface area contributed by atoms with Gasteiger partial charge < -0.3 is 0 Å². The van der Waals surface area contributed by atoms with E-state index in [1.807, 2.05) is 31.2 Å². The minimum atomic E-state index is -3.65. The number of aryl methyl sites for hydroxylation is 1. The summed E-state index contributed by atoms with van der Waals surface area (Å²) < 4.78 is 28.6. The van der Waals surface area contributed by atoms with Crippen molar-refractivity contribution in [1.82, 2.24) is 4.98 Å². The van der Waals surface area contributed by atoms with Gasteiger partial charge in [0.2, 0.25) is 0 Å². The Bertz CT molecular complexity index is 920. The number of hydrogen-bond donors (Lipinski definition) is 1. The number of sulfonamides is 1. The van der Waals surface area contributed by atoms with E-state index in [0.29, 0.717) is 5.82 Å². The standard InChI is InChI=1S/C16H13BrN2O2S2/c1-11-18-16(15(22-11)12-7-9-13(17)10-8-12)19-23(20,21)14-5-3-2-4-6-14/h2-10,19H,1H3. The van der Waals surface area contributed by atoms with Gasteiger partial charge in [0.05, 0.1) is 14.8 Å². The lowest BCUT2D eigenvalue weighted by molar-refractivity contribution is 0.601. The maximum absolute atomic E-state index is 12.5. The summed E-state index contributed by atoms with van der Waals surface area (Å²) >= 11 is 4.85. The second kappa shape index (κ2) is 6.43. The number of benzene rings is 2. The first-order chi connectivity index (χ1) is 11.0. The summed E-state index contributed by atoms with van der Waals surface area (Å²) in [6.07, 6.45) is 0. The molecular formula is C16H13BrN2O2S2. The molecule has 4 nitrogen and oxygen atoms in total. The van der Waals surface area contributed by atoms with Crippen LogP contribution in [0.5, 0.6) is 0 Å². The Labute approximate surface area is 147 Å². The maximum atomic E-state index is 12.5. The van der Waals surface area contributed by atoms with Crippen molar-refractivity contribution in [3.05, 3.63) is 64.1 Å². The van der Waals surface area contributed by atoms with E-state index in [1.54, 1.807) is 30.3 Å². The number of hydrogen-bond acceptors (Lipinski definition) is 4. The number of nitrogens with zero attached hydrogens (tertiary/aromatic N) is 1. The topological polar surface area (TPSA) is 59.1 Å². The third-order valence-electron chi connectivity index (χ3n) is 3.13. The van der Waals surface area contributed by atoms with Crippen molar-refractivity contribution >= 4 is 43.1 Å². The number of anilines is 1. The Morgan fingerprint density at radius 1 is 1.04 bits per heavy atom. The van der Waals surface area contributed by atoms with E-state index in [0.717, 1.165) is 19.9 Å². The van der Waals surface area contributed by atoms with E-state index in [2.05, 4.69) is 25.6 Å². The van der Waals surface area contributed by atoms with Crippen LogP contribution in [-0.4, -0.2) is 13.4 Å². The SMILES string of the molecule is Cc1nc(NS(=O)(=O)c2ccccc2)c(-c2ccc(Br)cc2)s1. The highest BCUT2D eigenvalue weighted by molar-refractivity contribution is 9.10. The van der Waals surface area contributed by atoms with Crippen LogP contribution in [0.3, 0.4) is 0 Å². The zero-order chi connectivity index (χ0) is 16.4. The number of thiazole rings is 1. The second-order valence-corrected chi connectivity index (χ2v) is 8.64. The third-order valence-corrected chi connectivity index (χ3v) is 6.03. The highest BCUT2D eigenvalue weighted by atomic mass is 79.9. The highest BCUT2D eigenvalue weighted by Gasteiger charge is 2.19. The zero-order valence-corrected chi connectivity index (χ0v) is 15.4. The maximum Gasteiger partial charge on any atom is 0.263 e. The van der Waals surface area contributed by atoms with Gasteiger partial charge in [-0.2, -0.15) is 0 Å². The molecule has 3 aromatic rings. The summed E-state index contributed by atoms with van der Waals surface area (Å²) in [5.41, 5.74) is 0.921. The summed E-state index contributed by atoms with van der Waals surface area (Å²) in [6, 6.07) is 16.0. The zero-order valence-electron chi connectivity index (χ0n) is 12.2. The van der Waals surface area contributed by atoms with Crippen LogP contribution in [0.15, 0.2) is 64.0 Å². The minimum absolute atomic E-state index is 0.215. The molecule has 118 valence electrons. The van der Waals surface area contributed by atoms with Gasteiger partial charge in [0.1, 0.15) is 0 Å². The molecule has 0 aliphatic heterocycles. The van der Waals surface area contributed by atoms with Crippen molar-refractivity contribution in [1.29, 1.82) is 0 Å². The van der Waals surface area contributed by atoms with Gasteiger partial charge in [0.15, 0.2) is 5.82 Å². The van der Waals surface area contributed by atoms with Crippen molar-refractivity contribution in [2.75, 3.05) is 4.72 Å². The molecule has 0 amide bonds. The molecule has 2 aromatic carbocycles. The van der Waals surface area contributed by atoms with E-state index in [1.165, 1.54) is 11.3 Å². The highest BCUT2D eigenvalue weighted by Crippen LogP contribution is 2.35. The predicted octanol–water partition coefficient (Wildman–Crippen LogP) is 4.68. The van der Waals surface area contributed by atoms with Gasteiger partial charge in [0, 0.05) is 4.47 Å². The largest absolute Gasteiger partial charge is 0.263 e. The summed E-state index contributed by atoms with van der Waals surface area (Å²) in [5.74, 6) is 0.360. The van der Waals surface area contributed by atoms with Crippen LogP contribution in [0.2, 0.25) is 0 Å². The lowest BCUT2D eigenvalue weighted by atomic mass is 10.2. The fourth-order valence-electron chi connectivity index (χ4n) is 2.08. The third kappa shape index (κ3) is 3.63. The fraction of sp³-hybridized carbons (Fsp3) is 0.0625. The molecule has 0 fully saturated rings. The molecule has 0 spiro atoms. The van der Waals surface area contributed by atoms with E-state index in [9.17, 15) is 8.42 Å². The van der Waals surface area contributed by atoms with Crippen molar-refractivity contribution in [2.45, 2.75) is 11.8 Å². The van der Waals surface area contributed by atoms with Crippen molar-refractivity contribution < 1.29 is 8.42 Å². The Morgan fingerprint density at radius 3 is 2.35 bits per heavy atom. The van der Waals surface area contributed by atoms with Crippen LogP contribution >= 0.6 is 27.3 Å². The van der Waals surface area contributed by atoms with Crippen LogP contribution in [0.25, 0.3) is 10.4 Å². The van der Waals surface area contributed by atoms with Gasteiger partial charge in [-0.1, -0.05) is 46.3 Å². The van der Waals surface area contributed by atoms with Gasteiger partial charge >= 0.3 is 0 Å². The molecule has 0 unspecified atom stereocenters. The van der Waals surface area contributed by atoms with E-state index in [4.69, 9.17) is 0 Å². The number of halogens is 1. The van der Waals surface area contributed by atoms with Crippen molar-refractivity contribution in [3.8, 4) is 10.4 Å². The molecule has 0 saturated carbocycles. The van der Waals surface area contributed by atoms with Crippen LogP contribution in [0, 0.1) is 6.92 Å². The molecule has 0 aliphatic carbocycles. The summed E-state index contributed by atoms with van der Waals surface area (Å²) in [7, 11) is -3.65. The molecule has 0 radical (unpaired) electrons.